The van der Waals surface area contributed by atoms with Crippen LogP contribution in [0.1, 0.15) is 38.9 Å². The molecule has 33 heavy (non-hydrogen) atoms. The van der Waals surface area contributed by atoms with Crippen molar-refractivity contribution in [3.8, 4) is 11.5 Å². The number of fused-ring (bicyclic) bond motifs is 2. The third-order valence-corrected chi connectivity index (χ3v) is 7.00. The Bertz CT molecular complexity index is 1240. The van der Waals surface area contributed by atoms with Crippen LogP contribution in [0.15, 0.2) is 42.5 Å². The van der Waals surface area contributed by atoms with Gasteiger partial charge >= 0.3 is 6.03 Å². The van der Waals surface area contributed by atoms with E-state index in [4.69, 9.17) is 20.9 Å². The number of nitrogens with two attached hydrogens (primary N) is 2. The Morgan fingerprint density at radius 2 is 2.00 bits per heavy atom. The fourth-order valence-electron chi connectivity index (χ4n) is 4.27. The Morgan fingerprint density at radius 1 is 1.21 bits per heavy atom. The van der Waals surface area contributed by atoms with Crippen molar-refractivity contribution in [3.63, 3.8) is 0 Å². The van der Waals surface area contributed by atoms with Gasteiger partial charge in [-0.1, -0.05) is 18.2 Å². The molecule has 3 heterocycles. The predicted molar refractivity (Wildman–Crippen MR) is 125 cm³/mol. The molecule has 2 aromatic carbocycles. The predicted octanol–water partition coefficient (Wildman–Crippen LogP) is 3.15. The van der Waals surface area contributed by atoms with E-state index >= 15 is 0 Å². The molecular weight excluding hydrogens is 442 g/mol. The van der Waals surface area contributed by atoms with Crippen LogP contribution >= 0.6 is 11.3 Å². The van der Waals surface area contributed by atoms with Crippen LogP contribution in [-0.4, -0.2) is 41.7 Å². The molecule has 0 bridgehead atoms. The van der Waals surface area contributed by atoms with Crippen molar-refractivity contribution in [3.05, 3.63) is 63.6 Å². The first kappa shape index (κ1) is 21.1. The molecule has 0 aliphatic carbocycles. The molecule has 0 saturated heterocycles. The van der Waals surface area contributed by atoms with Gasteiger partial charge in [0.25, 0.3) is 5.91 Å². The quantitative estimate of drug-likeness (QED) is 0.571. The average Bonchev–Trinajstić information content (AvgIpc) is 3.46. The third-order valence-electron chi connectivity index (χ3n) is 5.84. The van der Waals surface area contributed by atoms with Crippen LogP contribution in [0.5, 0.6) is 11.5 Å². The normalized spacial score (nSPS) is 16.4. The van der Waals surface area contributed by atoms with Crippen molar-refractivity contribution in [2.24, 2.45) is 5.73 Å². The van der Waals surface area contributed by atoms with E-state index in [-0.39, 0.29) is 17.8 Å². The summed E-state index contributed by atoms with van der Waals surface area (Å²) in [5.41, 5.74) is 14.7. The molecule has 3 aromatic rings. The van der Waals surface area contributed by atoms with Gasteiger partial charge in [0.2, 0.25) is 6.79 Å². The number of para-hydroxylation sites is 1. The maximum absolute atomic E-state index is 13.9. The second-order valence-electron chi connectivity index (χ2n) is 7.73. The summed E-state index contributed by atoms with van der Waals surface area (Å²) >= 11 is 1.22. The maximum Gasteiger partial charge on any atom is 0.325 e. The van der Waals surface area contributed by atoms with Gasteiger partial charge in [0.05, 0.1) is 16.6 Å². The highest BCUT2D eigenvalue weighted by Gasteiger charge is 2.38. The Labute approximate surface area is 194 Å². The molecule has 2 aliphatic heterocycles. The van der Waals surface area contributed by atoms with Crippen LogP contribution in [-0.2, 0) is 6.42 Å². The molecule has 10 heteroatoms. The number of hydrogen-bond acceptors (Lipinski definition) is 7. The van der Waals surface area contributed by atoms with Crippen LogP contribution in [0.25, 0.3) is 0 Å². The first-order valence-corrected chi connectivity index (χ1v) is 11.4. The fraction of sp³-hybridized carbons (Fsp3) is 0.261. The minimum absolute atomic E-state index is 0.163. The second-order valence-corrected chi connectivity index (χ2v) is 8.76. The topological polar surface area (TPSA) is 124 Å². The molecule has 0 fully saturated rings. The van der Waals surface area contributed by atoms with Crippen LogP contribution in [0.2, 0.25) is 0 Å². The summed E-state index contributed by atoms with van der Waals surface area (Å²) < 4.78 is 10.9. The molecule has 1 atom stereocenters. The van der Waals surface area contributed by atoms with Crippen LogP contribution < -0.4 is 25.8 Å². The average molecular weight is 466 g/mol. The van der Waals surface area contributed by atoms with Gasteiger partial charge in [-0.25, -0.2) is 9.78 Å². The number of amides is 3. The van der Waals surface area contributed by atoms with Crippen molar-refractivity contribution in [1.82, 2.24) is 9.88 Å². The van der Waals surface area contributed by atoms with Crippen molar-refractivity contribution in [1.29, 1.82) is 0 Å². The van der Waals surface area contributed by atoms with Gasteiger partial charge in [-0.3, -0.25) is 9.69 Å². The zero-order valence-corrected chi connectivity index (χ0v) is 18.8. The van der Waals surface area contributed by atoms with Gasteiger partial charge in [0, 0.05) is 42.5 Å². The van der Waals surface area contributed by atoms with Gasteiger partial charge in [0.15, 0.2) is 16.5 Å². The van der Waals surface area contributed by atoms with E-state index in [0.717, 1.165) is 16.1 Å². The molecule has 3 amide bonds. The van der Waals surface area contributed by atoms with Crippen molar-refractivity contribution >= 4 is 34.6 Å². The summed E-state index contributed by atoms with van der Waals surface area (Å²) in [6.45, 7) is 2.96. The zero-order valence-electron chi connectivity index (χ0n) is 18.0. The molecule has 170 valence electrons. The zero-order chi connectivity index (χ0) is 23.1. The maximum atomic E-state index is 13.9. The molecule has 9 nitrogen and oxygen atoms in total. The summed E-state index contributed by atoms with van der Waals surface area (Å²) in [6.07, 6.45) is 0.521. The Balaban J connectivity index is 1.57. The van der Waals surface area contributed by atoms with Crippen molar-refractivity contribution < 1.29 is 19.1 Å². The lowest BCUT2D eigenvalue weighted by atomic mass is 9.96. The van der Waals surface area contributed by atoms with Crippen LogP contribution in [0, 0.1) is 0 Å². The Hall–Kier alpha value is -3.79. The minimum Gasteiger partial charge on any atom is -0.454 e. The molecule has 0 radical (unpaired) electrons. The number of primary amides is 1. The van der Waals surface area contributed by atoms with Crippen LogP contribution in [0.3, 0.4) is 0 Å². The number of benzene rings is 2. The van der Waals surface area contributed by atoms with Crippen molar-refractivity contribution in [2.75, 3.05) is 30.5 Å². The molecule has 1 aromatic heterocycles. The largest absolute Gasteiger partial charge is 0.454 e. The standard InChI is InChI=1S/C23H23N5O4S/c1-2-27(13-7-8-17-18(11-13)32-12-31-17)23(30)28-10-9-16-20(33-22(26-16)21(25)29)19(28)14-5-3-4-6-15(14)24/h3-8,11,19H,2,9-10,12,24H2,1H3,(H2,25,29). The lowest BCUT2D eigenvalue weighted by molar-refractivity contribution is 0.0999. The van der Waals surface area contributed by atoms with E-state index in [1.54, 1.807) is 21.9 Å². The number of hydrogen-bond donors (Lipinski definition) is 2. The molecule has 0 saturated carbocycles. The van der Waals surface area contributed by atoms with Gasteiger partial charge < -0.3 is 25.8 Å². The molecule has 5 rings (SSSR count). The highest BCUT2D eigenvalue weighted by atomic mass is 32.1. The first-order valence-electron chi connectivity index (χ1n) is 10.6. The summed E-state index contributed by atoms with van der Waals surface area (Å²) in [7, 11) is 0. The molecular formula is C23H23N5O4S. The van der Waals surface area contributed by atoms with E-state index in [9.17, 15) is 9.59 Å². The number of ether oxygens (including phenoxy) is 2. The van der Waals surface area contributed by atoms with E-state index in [0.29, 0.717) is 42.4 Å². The number of carbonyl (C=O) groups excluding carboxylic acids is 2. The van der Waals surface area contributed by atoms with E-state index in [2.05, 4.69) is 4.98 Å². The third kappa shape index (κ3) is 3.62. The highest BCUT2D eigenvalue weighted by Crippen LogP contribution is 2.42. The number of anilines is 2. The summed E-state index contributed by atoms with van der Waals surface area (Å²) in [5.74, 6) is 0.683. The molecule has 0 spiro atoms. The number of nitrogens with zero attached hydrogens (tertiary/aromatic N) is 3. The number of aromatic nitrogens is 1. The summed E-state index contributed by atoms with van der Waals surface area (Å²) in [5, 5.41) is 0.233. The van der Waals surface area contributed by atoms with Gasteiger partial charge in [0.1, 0.15) is 0 Å². The lowest BCUT2D eigenvalue weighted by Crippen LogP contribution is -2.48. The van der Waals surface area contributed by atoms with Crippen LogP contribution in [0.4, 0.5) is 16.2 Å². The van der Waals surface area contributed by atoms with E-state index in [1.807, 2.05) is 37.3 Å². The van der Waals surface area contributed by atoms with Gasteiger partial charge in [-0.2, -0.15) is 0 Å². The van der Waals surface area contributed by atoms with Crippen molar-refractivity contribution in [2.45, 2.75) is 19.4 Å². The number of carbonyl (C=O) groups is 2. The first-order chi connectivity index (χ1) is 16.0. The Kier molecular flexibility index (Phi) is 5.29. The SMILES string of the molecule is CCN(C(=O)N1CCc2nc(C(N)=O)sc2C1c1ccccc1N)c1ccc2c(c1)OCO2. The molecule has 1 unspecified atom stereocenters. The fourth-order valence-corrected chi connectivity index (χ4v) is 5.37. The van der Waals surface area contributed by atoms with Gasteiger partial charge in [-0.15, -0.1) is 11.3 Å². The second kappa shape index (κ2) is 8.28. The number of urea groups is 1. The smallest absolute Gasteiger partial charge is 0.325 e. The molecule has 4 N–H and O–H groups in total. The Morgan fingerprint density at radius 3 is 2.76 bits per heavy atom. The number of nitrogen functional groups attached to an aromatic ring is 1. The highest BCUT2D eigenvalue weighted by molar-refractivity contribution is 7.13. The lowest BCUT2D eigenvalue weighted by Gasteiger charge is -2.39. The number of rotatable bonds is 4. The van der Waals surface area contributed by atoms with E-state index < -0.39 is 11.9 Å². The monoisotopic (exact) mass is 465 g/mol. The molecule has 2 aliphatic rings. The summed E-state index contributed by atoms with van der Waals surface area (Å²) in [6, 6.07) is 12.2. The number of thiazole rings is 1. The summed E-state index contributed by atoms with van der Waals surface area (Å²) in [4.78, 5) is 34.4. The van der Waals surface area contributed by atoms with Gasteiger partial charge in [-0.05, 0) is 25.1 Å². The van der Waals surface area contributed by atoms with E-state index in [1.165, 1.54) is 11.3 Å². The minimum atomic E-state index is -0.581.